The van der Waals surface area contributed by atoms with Crippen molar-refractivity contribution >= 4 is 12.6 Å². The molecule has 2 heteroatoms. The summed E-state index contributed by atoms with van der Waals surface area (Å²) in [6.45, 7) is 16.4. The fraction of sp³-hybridized carbons (Fsp3) is 1.00. The van der Waals surface area contributed by atoms with E-state index in [-0.39, 0.29) is 0 Å². The van der Waals surface area contributed by atoms with E-state index in [0.717, 1.165) is 11.8 Å². The number of likely N-dealkylation sites (tertiary alicyclic amines) is 1. The Labute approximate surface area is 100 Å². The molecule has 3 atom stereocenters. The Morgan fingerprint density at radius 3 is 1.93 bits per heavy atom. The Morgan fingerprint density at radius 1 is 1.13 bits per heavy atom. The molecule has 15 heavy (non-hydrogen) atoms. The van der Waals surface area contributed by atoms with Gasteiger partial charge in [0.15, 0.2) is 0 Å². The molecule has 0 aromatic heterocycles. The van der Waals surface area contributed by atoms with Crippen LogP contribution >= 0.6 is 12.6 Å². The quantitative estimate of drug-likeness (QED) is 0.623. The maximum Gasteiger partial charge on any atom is 0.0337 e. The Bertz CT molecular complexity index is 273. The largest absolute Gasteiger partial charge is 0.297 e. The molecule has 88 valence electrons. The minimum Gasteiger partial charge on any atom is -0.297 e. The van der Waals surface area contributed by atoms with Crippen LogP contribution in [-0.2, 0) is 0 Å². The highest BCUT2D eigenvalue weighted by atomic mass is 32.1. The molecule has 1 aliphatic carbocycles. The van der Waals surface area contributed by atoms with Gasteiger partial charge in [0, 0.05) is 23.4 Å². The Balaban J connectivity index is 2.07. The third kappa shape index (κ3) is 1.74. The summed E-state index contributed by atoms with van der Waals surface area (Å²) in [6.07, 6.45) is 0. The molecule has 1 saturated heterocycles. The van der Waals surface area contributed by atoms with E-state index < -0.39 is 0 Å². The first-order valence-corrected chi connectivity index (χ1v) is 6.49. The van der Waals surface area contributed by atoms with Gasteiger partial charge in [-0.15, -0.1) is 0 Å². The van der Waals surface area contributed by atoms with Gasteiger partial charge in [0.25, 0.3) is 0 Å². The van der Waals surface area contributed by atoms with Crippen LogP contribution in [0.25, 0.3) is 0 Å². The molecule has 1 saturated carbocycles. The fourth-order valence-electron chi connectivity index (χ4n) is 3.45. The second kappa shape index (κ2) is 2.95. The average molecular weight is 227 g/mol. The monoisotopic (exact) mass is 227 g/mol. The molecule has 0 bridgehead atoms. The standard InChI is InChI=1S/C13H25NS/c1-11(2,3)10-9-7-14(12(4,5)6)8-13(9,10)15/h9-10,15H,7-8H2,1-6H3. The van der Waals surface area contributed by atoms with E-state index in [4.69, 9.17) is 12.6 Å². The first-order chi connectivity index (χ1) is 6.57. The molecule has 0 spiro atoms. The molecule has 0 radical (unpaired) electrons. The van der Waals surface area contributed by atoms with E-state index in [2.05, 4.69) is 46.4 Å². The minimum absolute atomic E-state index is 0.311. The molecular weight excluding hydrogens is 202 g/mol. The summed E-state index contributed by atoms with van der Waals surface area (Å²) >= 11 is 4.96. The van der Waals surface area contributed by atoms with Crippen molar-refractivity contribution in [3.8, 4) is 0 Å². The number of nitrogens with zero attached hydrogens (tertiary/aromatic N) is 1. The molecule has 3 unspecified atom stereocenters. The van der Waals surface area contributed by atoms with Crippen molar-refractivity contribution in [2.45, 2.75) is 51.8 Å². The van der Waals surface area contributed by atoms with Crippen molar-refractivity contribution in [3.05, 3.63) is 0 Å². The molecule has 0 N–H and O–H groups in total. The predicted octanol–water partition coefficient (Wildman–Crippen LogP) is 3.06. The molecule has 0 aromatic carbocycles. The van der Waals surface area contributed by atoms with Crippen LogP contribution in [0.4, 0.5) is 0 Å². The molecule has 1 aliphatic heterocycles. The molecule has 2 rings (SSSR count). The molecule has 0 amide bonds. The number of thiol groups is 1. The van der Waals surface area contributed by atoms with Gasteiger partial charge >= 0.3 is 0 Å². The summed E-state index contributed by atoms with van der Waals surface area (Å²) in [6, 6.07) is 0. The highest BCUT2D eigenvalue weighted by Gasteiger charge is 2.70. The maximum absolute atomic E-state index is 4.96. The second-order valence-electron chi connectivity index (χ2n) is 7.49. The van der Waals surface area contributed by atoms with E-state index in [9.17, 15) is 0 Å². The van der Waals surface area contributed by atoms with Crippen LogP contribution < -0.4 is 0 Å². The molecule has 0 aromatic rings. The lowest BCUT2D eigenvalue weighted by Gasteiger charge is -2.36. The number of piperidine rings is 1. The van der Waals surface area contributed by atoms with Crippen LogP contribution in [0.3, 0.4) is 0 Å². The van der Waals surface area contributed by atoms with E-state index in [1.54, 1.807) is 0 Å². The maximum atomic E-state index is 4.96. The fourth-order valence-corrected chi connectivity index (χ4v) is 4.35. The van der Waals surface area contributed by atoms with Gasteiger partial charge in [0.2, 0.25) is 0 Å². The van der Waals surface area contributed by atoms with Crippen LogP contribution in [0, 0.1) is 17.3 Å². The highest BCUT2D eigenvalue weighted by molar-refractivity contribution is 7.82. The summed E-state index contributed by atoms with van der Waals surface area (Å²) in [5.41, 5.74) is 0.738. The third-order valence-corrected chi connectivity index (χ3v) is 4.97. The number of hydrogen-bond acceptors (Lipinski definition) is 2. The lowest BCUT2D eigenvalue weighted by atomic mass is 9.86. The summed E-state index contributed by atoms with van der Waals surface area (Å²) in [7, 11) is 0. The summed E-state index contributed by atoms with van der Waals surface area (Å²) in [5.74, 6) is 1.63. The van der Waals surface area contributed by atoms with Crippen molar-refractivity contribution in [3.63, 3.8) is 0 Å². The first kappa shape index (κ1) is 11.8. The highest BCUT2D eigenvalue weighted by Crippen LogP contribution is 2.67. The van der Waals surface area contributed by atoms with E-state index in [0.29, 0.717) is 15.7 Å². The van der Waals surface area contributed by atoms with Crippen molar-refractivity contribution < 1.29 is 0 Å². The second-order valence-corrected chi connectivity index (χ2v) is 8.33. The normalized spacial score (nSPS) is 41.8. The van der Waals surface area contributed by atoms with E-state index in [1.165, 1.54) is 13.1 Å². The summed E-state index contributed by atoms with van der Waals surface area (Å²) in [5, 5.41) is 0. The Morgan fingerprint density at radius 2 is 1.67 bits per heavy atom. The van der Waals surface area contributed by atoms with Crippen LogP contribution in [-0.4, -0.2) is 28.3 Å². The Hall–Kier alpha value is 0.310. The predicted molar refractivity (Wildman–Crippen MR) is 69.5 cm³/mol. The molecular formula is C13H25NS. The van der Waals surface area contributed by atoms with Crippen molar-refractivity contribution in [1.29, 1.82) is 0 Å². The Kier molecular flexibility index (Phi) is 2.32. The number of rotatable bonds is 0. The SMILES string of the molecule is CC(C)(C)C1C2CN(C(C)(C)C)CC21S. The molecule has 1 heterocycles. The summed E-state index contributed by atoms with van der Waals surface area (Å²) < 4.78 is 0.311. The zero-order valence-corrected chi connectivity index (χ0v) is 11.9. The van der Waals surface area contributed by atoms with Crippen LogP contribution in [0.5, 0.6) is 0 Å². The van der Waals surface area contributed by atoms with Crippen LogP contribution in [0.15, 0.2) is 0 Å². The lowest BCUT2D eigenvalue weighted by molar-refractivity contribution is 0.133. The van der Waals surface area contributed by atoms with Crippen molar-refractivity contribution in [2.75, 3.05) is 13.1 Å². The van der Waals surface area contributed by atoms with Crippen molar-refractivity contribution in [1.82, 2.24) is 4.90 Å². The zero-order chi connectivity index (χ0) is 11.6. The summed E-state index contributed by atoms with van der Waals surface area (Å²) in [4.78, 5) is 2.59. The molecule has 1 nitrogen and oxygen atoms in total. The number of hydrogen-bond donors (Lipinski definition) is 1. The smallest absolute Gasteiger partial charge is 0.0337 e. The van der Waals surface area contributed by atoms with Gasteiger partial charge in [0.05, 0.1) is 0 Å². The van der Waals surface area contributed by atoms with Gasteiger partial charge in [-0.2, -0.15) is 12.6 Å². The lowest BCUT2D eigenvalue weighted by Crippen LogP contribution is -2.43. The average Bonchev–Trinajstić information content (AvgIpc) is 2.38. The topological polar surface area (TPSA) is 3.24 Å². The molecule has 2 fully saturated rings. The minimum atomic E-state index is 0.311. The van der Waals surface area contributed by atoms with Gasteiger partial charge in [-0.3, -0.25) is 4.90 Å². The first-order valence-electron chi connectivity index (χ1n) is 6.04. The van der Waals surface area contributed by atoms with Gasteiger partial charge in [0.1, 0.15) is 0 Å². The molecule has 2 aliphatic rings. The number of fused-ring (bicyclic) bond motifs is 1. The van der Waals surface area contributed by atoms with Gasteiger partial charge in [-0.05, 0) is 38.0 Å². The van der Waals surface area contributed by atoms with Gasteiger partial charge < -0.3 is 0 Å². The zero-order valence-electron chi connectivity index (χ0n) is 11.0. The van der Waals surface area contributed by atoms with Gasteiger partial charge in [-0.1, -0.05) is 20.8 Å². The third-order valence-electron chi connectivity index (χ3n) is 4.22. The van der Waals surface area contributed by atoms with E-state index in [1.807, 2.05) is 0 Å². The van der Waals surface area contributed by atoms with Crippen molar-refractivity contribution in [2.24, 2.45) is 17.3 Å². The van der Waals surface area contributed by atoms with E-state index >= 15 is 0 Å². The van der Waals surface area contributed by atoms with Crippen LogP contribution in [0.2, 0.25) is 0 Å². The van der Waals surface area contributed by atoms with Gasteiger partial charge in [-0.25, -0.2) is 0 Å². The van der Waals surface area contributed by atoms with Crippen LogP contribution in [0.1, 0.15) is 41.5 Å².